The van der Waals surface area contributed by atoms with Crippen LogP contribution in [0.1, 0.15) is 64.9 Å². The number of hydrogen-bond acceptors (Lipinski definition) is 4. The summed E-state index contributed by atoms with van der Waals surface area (Å²) >= 11 is 2.20. The molecule has 7 nitrogen and oxygen atoms in total. The molecule has 0 bridgehead atoms. The second-order valence-corrected chi connectivity index (χ2v) is 9.98. The van der Waals surface area contributed by atoms with Gasteiger partial charge in [0.1, 0.15) is 11.6 Å². The van der Waals surface area contributed by atoms with E-state index in [2.05, 4.69) is 27.9 Å². The van der Waals surface area contributed by atoms with Crippen LogP contribution >= 0.6 is 22.6 Å². The van der Waals surface area contributed by atoms with Crippen molar-refractivity contribution in [2.24, 2.45) is 5.73 Å². The third-order valence-corrected chi connectivity index (χ3v) is 5.71. The number of amides is 4. The first-order chi connectivity index (χ1) is 14.1. The lowest BCUT2D eigenvalue weighted by atomic mass is 10.1. The number of carbonyl (C=O) groups excluding carboxylic acids is 3. The first kappa shape index (κ1) is 24.4. The van der Waals surface area contributed by atoms with E-state index in [0.717, 1.165) is 52.6 Å². The SMILES string of the molecule is CC(C)(C)OC(=O)N(C(=O)N[C@@H](Cc1ccc(I)cc1)C(N)=O)C1CCCCCC1. The smallest absolute Gasteiger partial charge is 0.418 e. The van der Waals surface area contributed by atoms with E-state index in [0.29, 0.717) is 0 Å². The Labute approximate surface area is 192 Å². The average Bonchev–Trinajstić information content (AvgIpc) is 2.90. The van der Waals surface area contributed by atoms with Gasteiger partial charge < -0.3 is 15.8 Å². The highest BCUT2D eigenvalue weighted by molar-refractivity contribution is 14.1. The molecule has 1 atom stereocenters. The monoisotopic (exact) mass is 529 g/mol. The molecule has 1 aromatic rings. The van der Waals surface area contributed by atoms with E-state index in [4.69, 9.17) is 10.5 Å². The summed E-state index contributed by atoms with van der Waals surface area (Å²) in [5.74, 6) is -0.646. The molecule has 0 spiro atoms. The van der Waals surface area contributed by atoms with Gasteiger partial charge in [-0.3, -0.25) is 4.79 Å². The zero-order valence-corrected chi connectivity index (χ0v) is 20.1. The Morgan fingerprint density at radius 3 is 2.20 bits per heavy atom. The molecule has 8 heteroatoms. The lowest BCUT2D eigenvalue weighted by Gasteiger charge is -2.32. The standard InChI is InChI=1S/C22H32IN3O4/c1-22(2,3)30-21(29)26(17-8-6-4-5-7-9-17)20(28)25-18(19(24)27)14-15-10-12-16(23)13-11-15/h10-13,17-18H,4-9,14H2,1-3H3,(H2,24,27)(H,25,28)/t18-/m0/s1. The van der Waals surface area contributed by atoms with Crippen LogP contribution in [0.3, 0.4) is 0 Å². The van der Waals surface area contributed by atoms with Crippen molar-refractivity contribution in [1.29, 1.82) is 0 Å². The van der Waals surface area contributed by atoms with Crippen molar-refractivity contribution in [3.8, 4) is 0 Å². The fourth-order valence-electron chi connectivity index (χ4n) is 3.52. The zero-order valence-electron chi connectivity index (χ0n) is 17.9. The number of rotatable bonds is 5. The molecule has 30 heavy (non-hydrogen) atoms. The van der Waals surface area contributed by atoms with E-state index in [9.17, 15) is 14.4 Å². The van der Waals surface area contributed by atoms with Crippen LogP contribution < -0.4 is 11.1 Å². The Morgan fingerprint density at radius 1 is 1.13 bits per heavy atom. The van der Waals surface area contributed by atoms with E-state index < -0.39 is 29.7 Å². The Balaban J connectivity index is 2.19. The van der Waals surface area contributed by atoms with Crippen LogP contribution in [0.4, 0.5) is 9.59 Å². The van der Waals surface area contributed by atoms with Gasteiger partial charge in [-0.25, -0.2) is 14.5 Å². The topological polar surface area (TPSA) is 102 Å². The molecule has 0 aromatic heterocycles. The lowest BCUT2D eigenvalue weighted by Crippen LogP contribution is -2.56. The summed E-state index contributed by atoms with van der Waals surface area (Å²) in [6, 6.07) is 5.82. The molecule has 0 unspecified atom stereocenters. The predicted octanol–water partition coefficient (Wildman–Crippen LogP) is 4.36. The molecule has 4 amide bonds. The van der Waals surface area contributed by atoms with Crippen molar-refractivity contribution < 1.29 is 19.1 Å². The Kier molecular flexibility index (Phi) is 8.93. The largest absolute Gasteiger partial charge is 0.443 e. The van der Waals surface area contributed by atoms with Gasteiger partial charge in [0.25, 0.3) is 0 Å². The quantitative estimate of drug-likeness (QED) is 0.437. The van der Waals surface area contributed by atoms with Gasteiger partial charge in [-0.05, 0) is 73.9 Å². The first-order valence-corrected chi connectivity index (χ1v) is 11.5. The highest BCUT2D eigenvalue weighted by Crippen LogP contribution is 2.24. The predicted molar refractivity (Wildman–Crippen MR) is 124 cm³/mol. The summed E-state index contributed by atoms with van der Waals surface area (Å²) in [6.07, 6.45) is 5.07. The minimum atomic E-state index is -0.923. The Bertz CT molecular complexity index is 738. The Hall–Kier alpha value is -1.84. The number of ether oxygens (including phenoxy) is 1. The molecule has 1 saturated carbocycles. The van der Waals surface area contributed by atoms with Crippen molar-refractivity contribution in [1.82, 2.24) is 10.2 Å². The summed E-state index contributed by atoms with van der Waals surface area (Å²) in [4.78, 5) is 39.2. The highest BCUT2D eigenvalue weighted by atomic mass is 127. The van der Waals surface area contributed by atoms with E-state index in [1.54, 1.807) is 20.8 Å². The molecule has 3 N–H and O–H groups in total. The van der Waals surface area contributed by atoms with Gasteiger partial charge in [0.05, 0.1) is 0 Å². The Morgan fingerprint density at radius 2 is 1.70 bits per heavy atom. The van der Waals surface area contributed by atoms with Gasteiger partial charge in [-0.15, -0.1) is 0 Å². The van der Waals surface area contributed by atoms with Crippen molar-refractivity contribution in [2.75, 3.05) is 0 Å². The molecule has 166 valence electrons. The molecule has 0 heterocycles. The molecule has 1 aromatic carbocycles. The van der Waals surface area contributed by atoms with Gasteiger partial charge in [-0.1, -0.05) is 37.8 Å². The molecule has 1 fully saturated rings. The normalized spacial score (nSPS) is 16.3. The minimum absolute atomic E-state index is 0.255. The summed E-state index contributed by atoms with van der Waals surface area (Å²) in [5, 5.41) is 2.67. The van der Waals surface area contributed by atoms with Gasteiger partial charge in [0, 0.05) is 16.0 Å². The maximum Gasteiger partial charge on any atom is 0.418 e. The number of nitrogens with two attached hydrogens (primary N) is 1. The molecular formula is C22H32IN3O4. The second kappa shape index (κ2) is 11.0. The van der Waals surface area contributed by atoms with E-state index in [-0.39, 0.29) is 12.5 Å². The maximum atomic E-state index is 13.1. The molecular weight excluding hydrogens is 497 g/mol. The van der Waals surface area contributed by atoms with Crippen LogP contribution in [-0.2, 0) is 16.0 Å². The second-order valence-electron chi connectivity index (χ2n) is 8.73. The number of imide groups is 1. The third-order valence-electron chi connectivity index (χ3n) is 4.99. The number of nitrogens with one attached hydrogen (secondary N) is 1. The van der Waals surface area contributed by atoms with Crippen LogP contribution in [0.15, 0.2) is 24.3 Å². The van der Waals surface area contributed by atoms with Crippen LogP contribution in [-0.4, -0.2) is 40.6 Å². The maximum absolute atomic E-state index is 13.1. The fraction of sp³-hybridized carbons (Fsp3) is 0.591. The first-order valence-electron chi connectivity index (χ1n) is 10.4. The van der Waals surface area contributed by atoms with E-state index >= 15 is 0 Å². The van der Waals surface area contributed by atoms with Crippen molar-refractivity contribution in [2.45, 2.75) is 83.4 Å². The van der Waals surface area contributed by atoms with Gasteiger partial charge in [0.2, 0.25) is 5.91 Å². The van der Waals surface area contributed by atoms with Crippen LogP contribution in [0, 0.1) is 3.57 Å². The number of halogens is 1. The highest BCUT2D eigenvalue weighted by Gasteiger charge is 2.35. The molecule has 0 radical (unpaired) electrons. The number of benzene rings is 1. The van der Waals surface area contributed by atoms with Gasteiger partial charge in [0.15, 0.2) is 0 Å². The molecule has 0 saturated heterocycles. The van der Waals surface area contributed by atoms with Crippen LogP contribution in [0.5, 0.6) is 0 Å². The van der Waals surface area contributed by atoms with Crippen molar-refractivity contribution in [3.05, 3.63) is 33.4 Å². The third kappa shape index (κ3) is 7.77. The van der Waals surface area contributed by atoms with Gasteiger partial charge in [-0.2, -0.15) is 0 Å². The lowest BCUT2D eigenvalue weighted by molar-refractivity contribution is -0.119. The number of primary amides is 1. The zero-order chi connectivity index (χ0) is 22.3. The molecule has 2 rings (SSSR count). The molecule has 1 aliphatic carbocycles. The van der Waals surface area contributed by atoms with E-state index in [1.165, 1.54) is 0 Å². The number of carbonyl (C=O) groups is 3. The average molecular weight is 529 g/mol. The number of nitrogens with zero attached hydrogens (tertiary/aromatic N) is 1. The summed E-state index contributed by atoms with van der Waals surface area (Å²) in [7, 11) is 0. The van der Waals surface area contributed by atoms with E-state index in [1.807, 2.05) is 24.3 Å². The fourth-order valence-corrected chi connectivity index (χ4v) is 3.88. The van der Waals surface area contributed by atoms with Crippen molar-refractivity contribution >= 4 is 40.6 Å². The summed E-state index contributed by atoms with van der Waals surface area (Å²) in [6.45, 7) is 5.28. The van der Waals surface area contributed by atoms with Crippen molar-refractivity contribution in [3.63, 3.8) is 0 Å². The molecule has 0 aliphatic heterocycles. The number of urea groups is 1. The van der Waals surface area contributed by atoms with Crippen LogP contribution in [0.2, 0.25) is 0 Å². The summed E-state index contributed by atoms with van der Waals surface area (Å²) in [5.41, 5.74) is 5.70. The van der Waals surface area contributed by atoms with Crippen LogP contribution in [0.25, 0.3) is 0 Å². The minimum Gasteiger partial charge on any atom is -0.443 e. The number of hydrogen-bond donors (Lipinski definition) is 2. The summed E-state index contributed by atoms with van der Waals surface area (Å²) < 4.78 is 6.57. The van der Waals surface area contributed by atoms with Gasteiger partial charge >= 0.3 is 12.1 Å². The molecule has 1 aliphatic rings.